The Bertz CT molecular complexity index is 1210. The predicted molar refractivity (Wildman–Crippen MR) is 149 cm³/mol. The smallest absolute Gasteiger partial charge is 0.419 e. The molecule has 0 unspecified atom stereocenters. The third kappa shape index (κ3) is 6.45. The van der Waals surface area contributed by atoms with E-state index < -0.39 is 11.7 Å². The third-order valence-electron chi connectivity index (χ3n) is 6.06. The number of nitrogens with one attached hydrogen (secondary N) is 1. The fraction of sp³-hybridized carbons (Fsp3) is 0.500. The quantitative estimate of drug-likeness (QED) is 0.262. The lowest BCUT2D eigenvalue weighted by Crippen LogP contribution is -2.39. The fourth-order valence-electron chi connectivity index (χ4n) is 4.39. The van der Waals surface area contributed by atoms with Gasteiger partial charge in [0.15, 0.2) is 0 Å². The zero-order valence-electron chi connectivity index (χ0n) is 21.0. The van der Waals surface area contributed by atoms with Gasteiger partial charge in [-0.2, -0.15) is 0 Å². The second kappa shape index (κ2) is 11.6. The minimum Gasteiger partial charge on any atom is -0.443 e. The van der Waals surface area contributed by atoms with Gasteiger partial charge in [0, 0.05) is 34.5 Å². The van der Waals surface area contributed by atoms with Crippen molar-refractivity contribution in [1.82, 2.24) is 14.9 Å². The van der Waals surface area contributed by atoms with E-state index in [2.05, 4.69) is 32.9 Å². The minimum absolute atomic E-state index is 0.0764. The summed E-state index contributed by atoms with van der Waals surface area (Å²) >= 11 is 3.66. The Balaban J connectivity index is 1.62. The Hall–Kier alpha value is -2.02. The molecule has 1 saturated carbocycles. The van der Waals surface area contributed by atoms with Crippen molar-refractivity contribution in [3.8, 4) is 10.4 Å². The van der Waals surface area contributed by atoms with E-state index >= 15 is 0 Å². The summed E-state index contributed by atoms with van der Waals surface area (Å²) in [6, 6.07) is 3.90. The Morgan fingerprint density at radius 2 is 1.94 bits per heavy atom. The number of rotatable bonds is 7. The Morgan fingerprint density at radius 1 is 1.19 bits per heavy atom. The standard InChI is InChI=1S/C26H32IN3O5S/c1-26(2,3)35-25(32)30-14-20(27)23-19(11-16(12-21(23)30)22-13-28-15-36-22)24(31)29-17-5-7-18(8-6-17)34-10-9-33-4/h11-15,17-18H,5-10H2,1-4H3,(H,29,31). The molecule has 1 aliphatic rings. The molecule has 4 rings (SSSR count). The highest BCUT2D eigenvalue weighted by Gasteiger charge is 2.27. The van der Waals surface area contributed by atoms with Crippen LogP contribution in [0.25, 0.3) is 21.3 Å². The minimum atomic E-state index is -0.638. The van der Waals surface area contributed by atoms with Crippen molar-refractivity contribution in [1.29, 1.82) is 0 Å². The first-order valence-electron chi connectivity index (χ1n) is 12.0. The Morgan fingerprint density at radius 3 is 2.58 bits per heavy atom. The molecular formula is C26H32IN3O5S. The van der Waals surface area contributed by atoms with E-state index in [0.717, 1.165) is 45.1 Å². The van der Waals surface area contributed by atoms with Crippen LogP contribution in [-0.2, 0) is 14.2 Å². The third-order valence-corrected chi connectivity index (χ3v) is 7.70. The second-order valence-corrected chi connectivity index (χ2v) is 12.0. The van der Waals surface area contributed by atoms with Crippen molar-refractivity contribution < 1.29 is 23.8 Å². The number of halogens is 1. The number of aromatic nitrogens is 2. The van der Waals surface area contributed by atoms with Crippen molar-refractivity contribution in [2.24, 2.45) is 0 Å². The van der Waals surface area contributed by atoms with Gasteiger partial charge in [-0.15, -0.1) is 11.3 Å². The van der Waals surface area contributed by atoms with Gasteiger partial charge >= 0.3 is 6.09 Å². The number of nitrogens with zero attached hydrogens (tertiary/aromatic N) is 2. The molecule has 8 nitrogen and oxygen atoms in total. The molecule has 194 valence electrons. The summed E-state index contributed by atoms with van der Waals surface area (Å²) in [5.41, 5.74) is 3.13. The molecule has 1 N–H and O–H groups in total. The highest BCUT2D eigenvalue weighted by molar-refractivity contribution is 14.1. The molecule has 2 aromatic heterocycles. The van der Waals surface area contributed by atoms with Crippen LogP contribution in [0.1, 0.15) is 56.8 Å². The van der Waals surface area contributed by atoms with Crippen LogP contribution in [0.5, 0.6) is 0 Å². The molecule has 0 aliphatic heterocycles. The van der Waals surface area contributed by atoms with E-state index in [0.29, 0.717) is 24.3 Å². The number of ether oxygens (including phenoxy) is 3. The molecule has 10 heteroatoms. The zero-order valence-corrected chi connectivity index (χ0v) is 24.0. The largest absolute Gasteiger partial charge is 0.443 e. The van der Waals surface area contributed by atoms with Gasteiger partial charge in [-0.1, -0.05) is 0 Å². The number of thiazole rings is 1. The number of fused-ring (bicyclic) bond motifs is 1. The molecule has 1 aromatic carbocycles. The summed E-state index contributed by atoms with van der Waals surface area (Å²) in [4.78, 5) is 31.7. The maximum atomic E-state index is 13.6. The summed E-state index contributed by atoms with van der Waals surface area (Å²) < 4.78 is 18.9. The number of hydrogen-bond donors (Lipinski definition) is 1. The number of benzene rings is 1. The van der Waals surface area contributed by atoms with Crippen molar-refractivity contribution in [3.05, 3.63) is 39.2 Å². The molecule has 3 aromatic rings. The molecule has 0 bridgehead atoms. The van der Waals surface area contributed by atoms with E-state index in [1.807, 2.05) is 32.9 Å². The maximum Gasteiger partial charge on any atom is 0.419 e. The van der Waals surface area contributed by atoms with Crippen LogP contribution in [0.4, 0.5) is 4.79 Å². The average Bonchev–Trinajstić information content (AvgIpc) is 3.47. The highest BCUT2D eigenvalue weighted by Crippen LogP contribution is 2.34. The van der Waals surface area contributed by atoms with E-state index in [-0.39, 0.29) is 18.1 Å². The highest BCUT2D eigenvalue weighted by atomic mass is 127. The summed E-state index contributed by atoms with van der Waals surface area (Å²) in [7, 11) is 1.67. The molecule has 2 heterocycles. The summed E-state index contributed by atoms with van der Waals surface area (Å²) in [5, 5.41) is 3.97. The van der Waals surface area contributed by atoms with Crippen molar-refractivity contribution >= 4 is 56.8 Å². The lowest BCUT2D eigenvalue weighted by atomic mass is 9.92. The van der Waals surface area contributed by atoms with E-state index in [4.69, 9.17) is 14.2 Å². The van der Waals surface area contributed by atoms with Crippen LogP contribution in [-0.4, -0.2) is 59.6 Å². The lowest BCUT2D eigenvalue weighted by molar-refractivity contribution is -0.00408. The molecule has 1 aliphatic carbocycles. The number of hydrogen-bond acceptors (Lipinski definition) is 7. The first kappa shape index (κ1) is 27.0. The number of carbonyl (C=O) groups is 2. The van der Waals surface area contributed by atoms with E-state index in [1.54, 1.807) is 25.0 Å². The summed E-state index contributed by atoms with van der Waals surface area (Å²) in [5.74, 6) is -0.144. The van der Waals surface area contributed by atoms with Gasteiger partial charge in [-0.05, 0) is 86.7 Å². The average molecular weight is 626 g/mol. The van der Waals surface area contributed by atoms with Gasteiger partial charge in [0.1, 0.15) is 5.60 Å². The molecule has 1 amide bonds. The normalized spacial score (nSPS) is 18.4. The van der Waals surface area contributed by atoms with Gasteiger partial charge in [0.2, 0.25) is 0 Å². The molecule has 0 radical (unpaired) electrons. The van der Waals surface area contributed by atoms with Crippen LogP contribution in [0.15, 0.2) is 30.0 Å². The number of amides is 1. The molecule has 0 atom stereocenters. The maximum absolute atomic E-state index is 13.6. The first-order valence-corrected chi connectivity index (χ1v) is 14.0. The van der Waals surface area contributed by atoms with Crippen molar-refractivity contribution in [2.45, 2.75) is 64.2 Å². The SMILES string of the molecule is COCCOC1CCC(NC(=O)c2cc(-c3cncs3)cc3c2c(I)cn3C(=O)OC(C)(C)C)CC1. The Kier molecular flexibility index (Phi) is 8.69. The molecule has 36 heavy (non-hydrogen) atoms. The van der Waals surface area contributed by atoms with Crippen molar-refractivity contribution in [3.63, 3.8) is 0 Å². The number of methoxy groups -OCH3 is 1. The van der Waals surface area contributed by atoms with Gasteiger partial charge in [0.05, 0.1) is 40.8 Å². The second-order valence-electron chi connectivity index (χ2n) is 9.92. The zero-order chi connectivity index (χ0) is 25.9. The fourth-order valence-corrected chi connectivity index (χ4v) is 5.85. The monoisotopic (exact) mass is 625 g/mol. The summed E-state index contributed by atoms with van der Waals surface area (Å²) in [6.07, 6.45) is 6.75. The van der Waals surface area contributed by atoms with Crippen LogP contribution in [0, 0.1) is 3.57 Å². The first-order chi connectivity index (χ1) is 17.2. The molecular weight excluding hydrogens is 593 g/mol. The predicted octanol–water partition coefficient (Wildman–Crippen LogP) is 5.86. The van der Waals surface area contributed by atoms with Crippen LogP contribution < -0.4 is 5.32 Å². The number of carbonyl (C=O) groups excluding carboxylic acids is 2. The topological polar surface area (TPSA) is 91.7 Å². The van der Waals surface area contributed by atoms with Gasteiger partial charge in [0.25, 0.3) is 5.91 Å². The van der Waals surface area contributed by atoms with Crippen molar-refractivity contribution in [2.75, 3.05) is 20.3 Å². The Labute approximate surface area is 228 Å². The van der Waals surface area contributed by atoms with Gasteiger partial charge in [-0.25, -0.2) is 4.79 Å². The molecule has 0 spiro atoms. The van der Waals surface area contributed by atoms with Crippen LogP contribution in [0.3, 0.4) is 0 Å². The summed E-state index contributed by atoms with van der Waals surface area (Å²) in [6.45, 7) is 6.68. The van der Waals surface area contributed by atoms with Gasteiger partial charge in [-0.3, -0.25) is 14.3 Å². The lowest BCUT2D eigenvalue weighted by Gasteiger charge is -2.29. The van der Waals surface area contributed by atoms with E-state index in [1.165, 1.54) is 15.9 Å². The van der Waals surface area contributed by atoms with Crippen LogP contribution >= 0.6 is 33.9 Å². The van der Waals surface area contributed by atoms with Crippen LogP contribution in [0.2, 0.25) is 0 Å². The molecule has 0 saturated heterocycles. The molecule has 1 fully saturated rings. The van der Waals surface area contributed by atoms with E-state index in [9.17, 15) is 9.59 Å². The van der Waals surface area contributed by atoms with Gasteiger partial charge < -0.3 is 19.5 Å².